The zero-order chi connectivity index (χ0) is 23.4. The van der Waals surface area contributed by atoms with E-state index in [1.165, 1.54) is 0 Å². The molecular weight excluding hydrogens is 460 g/mol. The van der Waals surface area contributed by atoms with Gasteiger partial charge in [0.2, 0.25) is 5.91 Å². The van der Waals surface area contributed by atoms with E-state index in [9.17, 15) is 4.79 Å². The molecule has 1 aliphatic rings. The quantitative estimate of drug-likeness (QED) is 0.319. The number of H-pyrrole nitrogens is 2. The summed E-state index contributed by atoms with van der Waals surface area (Å²) in [6.45, 7) is 0. The number of imidazole rings is 1. The number of aromatic nitrogens is 7. The molecule has 0 spiro atoms. The molecule has 0 radical (unpaired) electrons. The van der Waals surface area contributed by atoms with Crippen LogP contribution < -0.4 is 5.32 Å². The first-order chi connectivity index (χ1) is 17.2. The highest BCUT2D eigenvalue weighted by Gasteiger charge is 2.29. The van der Waals surface area contributed by atoms with E-state index in [2.05, 4.69) is 46.9 Å². The number of pyridine rings is 3. The van der Waals surface area contributed by atoms with Crippen molar-refractivity contribution >= 4 is 45.1 Å². The number of hydrogen-bond acceptors (Lipinski definition) is 7. The zero-order valence-electron chi connectivity index (χ0n) is 18.3. The summed E-state index contributed by atoms with van der Waals surface area (Å²) < 4.78 is 0. The van der Waals surface area contributed by atoms with Crippen molar-refractivity contribution in [2.24, 2.45) is 5.92 Å². The normalized spacial score (nSPS) is 13.5. The summed E-state index contributed by atoms with van der Waals surface area (Å²) in [5.41, 5.74) is 7.34. The third-order valence-corrected chi connectivity index (χ3v) is 6.83. The molecular formula is C25H18N8OS. The lowest BCUT2D eigenvalue weighted by atomic mass is 10.1. The molecule has 7 rings (SSSR count). The van der Waals surface area contributed by atoms with E-state index in [4.69, 9.17) is 4.98 Å². The van der Waals surface area contributed by atoms with Crippen molar-refractivity contribution in [3.8, 4) is 33.8 Å². The van der Waals surface area contributed by atoms with Gasteiger partial charge in [-0.2, -0.15) is 16.4 Å². The van der Waals surface area contributed by atoms with Gasteiger partial charge in [0.25, 0.3) is 0 Å². The summed E-state index contributed by atoms with van der Waals surface area (Å²) in [5.74, 6) is 0.794. The first kappa shape index (κ1) is 20.0. The molecule has 6 aromatic heterocycles. The molecule has 6 aromatic rings. The highest BCUT2D eigenvalue weighted by molar-refractivity contribution is 7.08. The smallest absolute Gasteiger partial charge is 0.227 e. The van der Waals surface area contributed by atoms with Gasteiger partial charge in [-0.25, -0.2) is 15.0 Å². The van der Waals surface area contributed by atoms with E-state index < -0.39 is 0 Å². The molecule has 0 unspecified atom stereocenters. The average molecular weight is 479 g/mol. The second-order valence-corrected chi connectivity index (χ2v) is 9.35. The predicted octanol–water partition coefficient (Wildman–Crippen LogP) is 5.04. The van der Waals surface area contributed by atoms with E-state index in [0.717, 1.165) is 46.0 Å². The molecule has 1 amide bonds. The van der Waals surface area contributed by atoms with E-state index in [1.54, 1.807) is 36.1 Å². The van der Waals surface area contributed by atoms with Crippen LogP contribution in [-0.2, 0) is 4.79 Å². The maximum atomic E-state index is 12.2. The highest BCUT2D eigenvalue weighted by Crippen LogP contribution is 2.33. The molecule has 0 saturated heterocycles. The Morgan fingerprint density at radius 1 is 1.03 bits per heavy atom. The van der Waals surface area contributed by atoms with Gasteiger partial charge >= 0.3 is 0 Å². The fraction of sp³-hybridized carbons (Fsp3) is 0.120. The number of aromatic amines is 2. The Hall–Kier alpha value is -4.44. The van der Waals surface area contributed by atoms with E-state index in [0.29, 0.717) is 28.5 Å². The summed E-state index contributed by atoms with van der Waals surface area (Å²) in [7, 11) is 0. The van der Waals surface area contributed by atoms with Gasteiger partial charge in [-0.1, -0.05) is 0 Å². The maximum absolute atomic E-state index is 12.2. The van der Waals surface area contributed by atoms with Gasteiger partial charge in [-0.05, 0) is 53.4 Å². The van der Waals surface area contributed by atoms with Gasteiger partial charge in [0.15, 0.2) is 17.1 Å². The topological polar surface area (TPSA) is 125 Å². The van der Waals surface area contributed by atoms with Crippen LogP contribution in [0, 0.1) is 5.92 Å². The lowest BCUT2D eigenvalue weighted by molar-refractivity contribution is -0.117. The molecule has 1 fully saturated rings. The molecule has 6 heterocycles. The lowest BCUT2D eigenvalue weighted by Gasteiger charge is -2.06. The maximum Gasteiger partial charge on any atom is 0.227 e. The van der Waals surface area contributed by atoms with Crippen molar-refractivity contribution in [1.82, 2.24) is 35.1 Å². The van der Waals surface area contributed by atoms with Crippen molar-refractivity contribution in [2.45, 2.75) is 12.8 Å². The van der Waals surface area contributed by atoms with Gasteiger partial charge in [0, 0.05) is 41.2 Å². The Morgan fingerprint density at radius 2 is 1.94 bits per heavy atom. The SMILES string of the molecule is O=C(Nc1cncc(-c2cnc3[nH]nc(-c4nc5c(-c6ccsc6)ccnc5[nH]4)c3c2)c1)C1CC1. The Balaban J connectivity index is 1.29. The van der Waals surface area contributed by atoms with Gasteiger partial charge in [-0.3, -0.25) is 14.9 Å². The van der Waals surface area contributed by atoms with E-state index in [1.807, 2.05) is 23.6 Å². The number of thiophene rings is 1. The Bertz CT molecular complexity index is 1710. The molecule has 170 valence electrons. The van der Waals surface area contributed by atoms with Crippen LogP contribution >= 0.6 is 11.3 Å². The van der Waals surface area contributed by atoms with Crippen LogP contribution in [0.4, 0.5) is 5.69 Å². The van der Waals surface area contributed by atoms with Crippen molar-refractivity contribution in [1.29, 1.82) is 0 Å². The summed E-state index contributed by atoms with van der Waals surface area (Å²) >= 11 is 1.65. The van der Waals surface area contributed by atoms with Crippen molar-refractivity contribution in [3.63, 3.8) is 0 Å². The highest BCUT2D eigenvalue weighted by atomic mass is 32.1. The number of nitrogens with one attached hydrogen (secondary N) is 3. The molecule has 9 nitrogen and oxygen atoms in total. The summed E-state index contributed by atoms with van der Waals surface area (Å²) in [6, 6.07) is 7.96. The molecule has 35 heavy (non-hydrogen) atoms. The molecule has 1 saturated carbocycles. The Kier molecular flexibility index (Phi) is 4.46. The van der Waals surface area contributed by atoms with Crippen LogP contribution in [-0.4, -0.2) is 41.0 Å². The van der Waals surface area contributed by atoms with Crippen molar-refractivity contribution < 1.29 is 4.79 Å². The third kappa shape index (κ3) is 3.55. The molecule has 1 aliphatic carbocycles. The molecule has 0 atom stereocenters. The second kappa shape index (κ2) is 7.81. The number of nitrogens with zero attached hydrogens (tertiary/aromatic N) is 5. The molecule has 0 aliphatic heterocycles. The van der Waals surface area contributed by atoms with E-state index >= 15 is 0 Å². The monoisotopic (exact) mass is 478 g/mol. The summed E-state index contributed by atoms with van der Waals surface area (Å²) in [4.78, 5) is 33.7. The minimum atomic E-state index is 0.0509. The Labute approximate surface area is 202 Å². The number of carbonyl (C=O) groups excluding carboxylic acids is 1. The largest absolute Gasteiger partial charge is 0.324 e. The van der Waals surface area contributed by atoms with Gasteiger partial charge in [0.1, 0.15) is 11.2 Å². The number of amides is 1. The average Bonchev–Trinajstić information content (AvgIpc) is 3.26. The predicted molar refractivity (Wildman–Crippen MR) is 135 cm³/mol. The summed E-state index contributed by atoms with van der Waals surface area (Å²) in [5, 5.41) is 15.4. The van der Waals surface area contributed by atoms with Gasteiger partial charge in [0.05, 0.1) is 17.3 Å². The molecule has 0 aromatic carbocycles. The van der Waals surface area contributed by atoms with Crippen LogP contribution in [0.3, 0.4) is 0 Å². The minimum Gasteiger partial charge on any atom is -0.324 e. The van der Waals surface area contributed by atoms with E-state index in [-0.39, 0.29) is 11.8 Å². The van der Waals surface area contributed by atoms with Crippen LogP contribution in [0.25, 0.3) is 56.0 Å². The standard InChI is InChI=1S/C25H18N8OS/c34-25(13-1-2-13)29-17-7-15(9-26-11-17)16-8-19-21(32-33-22(19)28-10-16)24-30-20-18(14-4-6-35-12-14)3-5-27-23(20)31-24/h3-13H,1-2H2,(H,29,34)(H,27,30,31)(H,28,32,33). The molecule has 0 bridgehead atoms. The fourth-order valence-corrected chi connectivity index (χ4v) is 4.83. The zero-order valence-corrected chi connectivity index (χ0v) is 19.1. The van der Waals surface area contributed by atoms with Crippen LogP contribution in [0.1, 0.15) is 12.8 Å². The first-order valence-electron chi connectivity index (χ1n) is 11.2. The molecule has 10 heteroatoms. The van der Waals surface area contributed by atoms with Crippen molar-refractivity contribution in [3.05, 3.63) is 59.8 Å². The number of anilines is 1. The second-order valence-electron chi connectivity index (χ2n) is 8.57. The number of rotatable bonds is 5. The first-order valence-corrected chi connectivity index (χ1v) is 12.2. The van der Waals surface area contributed by atoms with Gasteiger partial charge in [-0.15, -0.1) is 0 Å². The van der Waals surface area contributed by atoms with Gasteiger partial charge < -0.3 is 10.3 Å². The van der Waals surface area contributed by atoms with Crippen molar-refractivity contribution in [2.75, 3.05) is 5.32 Å². The third-order valence-electron chi connectivity index (χ3n) is 6.14. The Morgan fingerprint density at radius 3 is 2.80 bits per heavy atom. The summed E-state index contributed by atoms with van der Waals surface area (Å²) in [6.07, 6.45) is 8.87. The lowest BCUT2D eigenvalue weighted by Crippen LogP contribution is -2.13. The van der Waals surface area contributed by atoms with Crippen LogP contribution in [0.15, 0.2) is 59.8 Å². The number of hydrogen-bond donors (Lipinski definition) is 3. The van der Waals surface area contributed by atoms with Crippen LogP contribution in [0.5, 0.6) is 0 Å². The van der Waals surface area contributed by atoms with Crippen LogP contribution in [0.2, 0.25) is 0 Å². The molecule has 3 N–H and O–H groups in total. The minimum absolute atomic E-state index is 0.0509. The fourth-order valence-electron chi connectivity index (χ4n) is 4.17. The number of fused-ring (bicyclic) bond motifs is 2. The number of carbonyl (C=O) groups is 1.